The van der Waals surface area contributed by atoms with E-state index >= 15 is 0 Å². The lowest BCUT2D eigenvalue weighted by molar-refractivity contribution is -0.129. The number of likely N-dealkylation sites (tertiary alicyclic amines) is 1. The van der Waals surface area contributed by atoms with E-state index in [0.717, 1.165) is 22.4 Å². The third-order valence-electron chi connectivity index (χ3n) is 6.20. The number of para-hydroxylation sites is 1. The van der Waals surface area contributed by atoms with E-state index in [1.54, 1.807) is 43.1 Å². The zero-order chi connectivity index (χ0) is 22.7. The summed E-state index contributed by atoms with van der Waals surface area (Å²) in [7, 11) is 5.10. The Morgan fingerprint density at radius 1 is 1.12 bits per heavy atom. The molecule has 1 aliphatic heterocycles. The van der Waals surface area contributed by atoms with Crippen molar-refractivity contribution in [2.75, 3.05) is 27.2 Å². The number of benzene rings is 2. The minimum atomic E-state index is -0.662. The number of amides is 2. The van der Waals surface area contributed by atoms with Crippen LogP contribution in [0.3, 0.4) is 0 Å². The molecule has 1 fully saturated rings. The van der Waals surface area contributed by atoms with E-state index in [1.807, 2.05) is 24.3 Å². The van der Waals surface area contributed by atoms with Gasteiger partial charge in [0.25, 0.3) is 5.91 Å². The molecule has 0 radical (unpaired) electrons. The third kappa shape index (κ3) is 4.10. The highest BCUT2D eigenvalue weighted by Crippen LogP contribution is 2.36. The molecule has 0 saturated carbocycles. The summed E-state index contributed by atoms with van der Waals surface area (Å²) < 4.78 is 7.08. The molecule has 1 N–H and O–H groups in total. The van der Waals surface area contributed by atoms with Crippen molar-refractivity contribution in [2.24, 2.45) is 12.5 Å². The summed E-state index contributed by atoms with van der Waals surface area (Å²) >= 11 is 0. The Morgan fingerprint density at radius 3 is 2.53 bits per heavy atom. The van der Waals surface area contributed by atoms with E-state index in [4.69, 9.17) is 4.74 Å². The van der Waals surface area contributed by atoms with Crippen LogP contribution >= 0.6 is 0 Å². The van der Waals surface area contributed by atoms with Crippen molar-refractivity contribution in [3.8, 4) is 16.9 Å². The van der Waals surface area contributed by atoms with Gasteiger partial charge in [-0.05, 0) is 36.1 Å². The lowest BCUT2D eigenvalue weighted by Gasteiger charge is -2.27. The van der Waals surface area contributed by atoms with Gasteiger partial charge in [-0.25, -0.2) is 0 Å². The number of carbonyl (C=O) groups is 2. The standard InChI is InChI=1S/C25H28N4O3/c1-26-24(31)25(13-15-29(17-25)23(30)21-12-14-28(2)27-21)16-18-8-10-19(11-9-18)20-6-4-5-7-22(20)32-3/h4-12,14H,13,15-17H2,1-3H3,(H,26,31)/t25-/m1/s1. The lowest BCUT2D eigenvalue weighted by Crippen LogP contribution is -2.44. The fraction of sp³-hybridized carbons (Fsp3) is 0.320. The monoisotopic (exact) mass is 432 g/mol. The van der Waals surface area contributed by atoms with Crippen molar-refractivity contribution < 1.29 is 14.3 Å². The van der Waals surface area contributed by atoms with Crippen LogP contribution in [0.15, 0.2) is 60.8 Å². The summed E-state index contributed by atoms with van der Waals surface area (Å²) in [5, 5.41) is 7.03. The number of hydrogen-bond acceptors (Lipinski definition) is 4. The minimum Gasteiger partial charge on any atom is -0.496 e. The molecule has 4 rings (SSSR count). The van der Waals surface area contributed by atoms with Crippen LogP contribution in [0.25, 0.3) is 11.1 Å². The molecule has 0 unspecified atom stereocenters. The van der Waals surface area contributed by atoms with Crippen molar-refractivity contribution in [2.45, 2.75) is 12.8 Å². The number of carbonyl (C=O) groups excluding carboxylic acids is 2. The molecular weight excluding hydrogens is 404 g/mol. The average molecular weight is 433 g/mol. The van der Waals surface area contributed by atoms with Crippen LogP contribution in [-0.4, -0.2) is 53.7 Å². The first-order valence-corrected chi connectivity index (χ1v) is 10.7. The minimum absolute atomic E-state index is 0.0392. The second-order valence-electron chi connectivity index (χ2n) is 8.28. The van der Waals surface area contributed by atoms with Crippen molar-refractivity contribution in [1.29, 1.82) is 0 Å². The zero-order valence-electron chi connectivity index (χ0n) is 18.7. The summed E-state index contributed by atoms with van der Waals surface area (Å²) in [5.41, 5.74) is 2.88. The molecule has 1 atom stereocenters. The zero-order valence-corrected chi connectivity index (χ0v) is 18.7. The fourth-order valence-electron chi connectivity index (χ4n) is 4.49. The van der Waals surface area contributed by atoms with Crippen LogP contribution in [0.1, 0.15) is 22.5 Å². The van der Waals surface area contributed by atoms with Gasteiger partial charge in [0, 0.05) is 38.9 Å². The summed E-state index contributed by atoms with van der Waals surface area (Å²) in [6.45, 7) is 0.901. The molecule has 0 aliphatic carbocycles. The van der Waals surface area contributed by atoms with Gasteiger partial charge in [0.05, 0.1) is 12.5 Å². The van der Waals surface area contributed by atoms with Gasteiger partial charge in [-0.1, -0.05) is 42.5 Å². The van der Waals surface area contributed by atoms with Crippen LogP contribution in [0.2, 0.25) is 0 Å². The number of methoxy groups -OCH3 is 1. The largest absolute Gasteiger partial charge is 0.496 e. The number of aromatic nitrogens is 2. The highest BCUT2D eigenvalue weighted by Gasteiger charge is 2.46. The van der Waals surface area contributed by atoms with Crippen LogP contribution in [-0.2, 0) is 18.3 Å². The van der Waals surface area contributed by atoms with Crippen LogP contribution in [0, 0.1) is 5.41 Å². The van der Waals surface area contributed by atoms with Crippen molar-refractivity contribution in [1.82, 2.24) is 20.0 Å². The maximum absolute atomic E-state index is 12.9. The molecule has 32 heavy (non-hydrogen) atoms. The molecule has 1 aromatic heterocycles. The number of ether oxygens (including phenoxy) is 1. The van der Waals surface area contributed by atoms with Gasteiger partial charge in [0.15, 0.2) is 0 Å². The maximum Gasteiger partial charge on any atom is 0.274 e. The molecule has 1 aliphatic rings. The van der Waals surface area contributed by atoms with Gasteiger partial charge in [-0.2, -0.15) is 5.10 Å². The first kappa shape index (κ1) is 21.6. The average Bonchev–Trinajstić information content (AvgIpc) is 3.46. The van der Waals surface area contributed by atoms with Gasteiger partial charge < -0.3 is 15.0 Å². The first-order chi connectivity index (χ1) is 15.5. The van der Waals surface area contributed by atoms with Gasteiger partial charge in [0.1, 0.15) is 11.4 Å². The fourth-order valence-corrected chi connectivity index (χ4v) is 4.49. The third-order valence-corrected chi connectivity index (χ3v) is 6.20. The quantitative estimate of drug-likeness (QED) is 0.650. The summed E-state index contributed by atoms with van der Waals surface area (Å²) in [5.74, 6) is 0.645. The topological polar surface area (TPSA) is 76.5 Å². The number of rotatable bonds is 6. The van der Waals surface area contributed by atoms with E-state index in [1.165, 1.54) is 0 Å². The lowest BCUT2D eigenvalue weighted by atomic mass is 9.79. The normalized spacial score (nSPS) is 17.9. The Bertz CT molecular complexity index is 1120. The highest BCUT2D eigenvalue weighted by atomic mass is 16.5. The molecule has 0 spiro atoms. The van der Waals surface area contributed by atoms with Crippen molar-refractivity contribution in [3.63, 3.8) is 0 Å². The number of nitrogens with one attached hydrogen (secondary N) is 1. The Kier molecular flexibility index (Phi) is 5.99. The van der Waals surface area contributed by atoms with Gasteiger partial charge >= 0.3 is 0 Å². The Hall–Kier alpha value is -3.61. The predicted octanol–water partition coefficient (Wildman–Crippen LogP) is 2.92. The van der Waals surface area contributed by atoms with Crippen molar-refractivity contribution >= 4 is 11.8 Å². The first-order valence-electron chi connectivity index (χ1n) is 10.7. The number of nitrogens with zero attached hydrogens (tertiary/aromatic N) is 3. The van der Waals surface area contributed by atoms with E-state index in [2.05, 4.69) is 34.7 Å². The molecule has 0 bridgehead atoms. The maximum atomic E-state index is 12.9. The Labute approximate surface area is 188 Å². The van der Waals surface area contributed by atoms with Crippen molar-refractivity contribution in [3.05, 3.63) is 72.1 Å². The highest BCUT2D eigenvalue weighted by molar-refractivity contribution is 5.93. The van der Waals surface area contributed by atoms with Crippen LogP contribution < -0.4 is 10.1 Å². The molecular formula is C25H28N4O3. The molecule has 7 heteroatoms. The molecule has 166 valence electrons. The summed E-state index contributed by atoms with van der Waals surface area (Å²) in [6, 6.07) is 17.8. The SMILES string of the molecule is CNC(=O)[C@@]1(Cc2ccc(-c3ccccc3OC)cc2)CCN(C(=O)c2ccn(C)n2)C1. The van der Waals surface area contributed by atoms with Gasteiger partial charge in [-0.15, -0.1) is 0 Å². The summed E-state index contributed by atoms with van der Waals surface area (Å²) in [6.07, 6.45) is 2.92. The molecule has 3 aromatic rings. The molecule has 1 saturated heterocycles. The van der Waals surface area contributed by atoms with E-state index < -0.39 is 5.41 Å². The Balaban J connectivity index is 1.55. The molecule has 2 amide bonds. The van der Waals surface area contributed by atoms with Gasteiger partial charge in [0.2, 0.25) is 5.91 Å². The molecule has 2 aromatic carbocycles. The van der Waals surface area contributed by atoms with E-state index in [-0.39, 0.29) is 11.8 Å². The molecule has 2 heterocycles. The predicted molar refractivity (Wildman–Crippen MR) is 122 cm³/mol. The second kappa shape index (κ2) is 8.86. The van der Waals surface area contributed by atoms with Crippen LogP contribution in [0.4, 0.5) is 0 Å². The number of hydrogen-bond donors (Lipinski definition) is 1. The van der Waals surface area contributed by atoms with Gasteiger partial charge in [-0.3, -0.25) is 14.3 Å². The van der Waals surface area contributed by atoms with Crippen LogP contribution in [0.5, 0.6) is 5.75 Å². The number of aryl methyl sites for hydroxylation is 1. The molecule has 7 nitrogen and oxygen atoms in total. The van der Waals surface area contributed by atoms with E-state index in [9.17, 15) is 9.59 Å². The second-order valence-corrected chi connectivity index (χ2v) is 8.28. The van der Waals surface area contributed by atoms with E-state index in [0.29, 0.717) is 31.6 Å². The Morgan fingerprint density at radius 2 is 1.88 bits per heavy atom. The summed E-state index contributed by atoms with van der Waals surface area (Å²) in [4.78, 5) is 27.6. The smallest absolute Gasteiger partial charge is 0.274 e.